The number of hydrogen-bond donors (Lipinski definition) is 1. The van der Waals surface area contributed by atoms with Gasteiger partial charge in [0, 0.05) is 15.2 Å². The fourth-order valence-electron chi connectivity index (χ4n) is 2.16. The van der Waals surface area contributed by atoms with Crippen molar-refractivity contribution in [3.8, 4) is 5.75 Å². The number of carbonyl (C=O) groups is 1. The van der Waals surface area contributed by atoms with Crippen molar-refractivity contribution in [2.75, 3.05) is 11.9 Å². The van der Waals surface area contributed by atoms with Gasteiger partial charge in [0.15, 0.2) is 6.61 Å². The van der Waals surface area contributed by atoms with Crippen molar-refractivity contribution in [1.29, 1.82) is 0 Å². The van der Waals surface area contributed by atoms with E-state index < -0.39 is 0 Å². The molecule has 0 aliphatic heterocycles. The van der Waals surface area contributed by atoms with Crippen LogP contribution in [0.15, 0.2) is 40.9 Å². The van der Waals surface area contributed by atoms with Gasteiger partial charge in [0.2, 0.25) is 0 Å². The van der Waals surface area contributed by atoms with E-state index in [1.54, 1.807) is 12.1 Å². The molecule has 2 aromatic carbocycles. The highest BCUT2D eigenvalue weighted by Crippen LogP contribution is 2.29. The number of benzene rings is 2. The Balaban J connectivity index is 2.04. The largest absolute Gasteiger partial charge is 0.483 e. The number of anilines is 1. The lowest BCUT2D eigenvalue weighted by Gasteiger charge is -2.15. The van der Waals surface area contributed by atoms with Crippen molar-refractivity contribution in [2.45, 2.75) is 26.7 Å². The molecule has 0 saturated carbocycles. The van der Waals surface area contributed by atoms with Gasteiger partial charge in [0.1, 0.15) is 5.75 Å². The summed E-state index contributed by atoms with van der Waals surface area (Å²) in [5, 5.41) is 3.41. The van der Waals surface area contributed by atoms with Crippen LogP contribution in [-0.2, 0) is 4.79 Å². The Labute approximate surface area is 150 Å². The molecule has 3 nitrogen and oxygen atoms in total. The molecule has 5 heteroatoms. The van der Waals surface area contributed by atoms with Crippen LogP contribution in [0.25, 0.3) is 0 Å². The van der Waals surface area contributed by atoms with Gasteiger partial charge in [-0.3, -0.25) is 4.79 Å². The molecule has 0 spiro atoms. The first-order chi connectivity index (χ1) is 10.9. The molecule has 0 heterocycles. The third kappa shape index (κ3) is 4.98. The average Bonchev–Trinajstić information content (AvgIpc) is 2.49. The minimum Gasteiger partial charge on any atom is -0.483 e. The Morgan fingerprint density at radius 3 is 2.70 bits per heavy atom. The van der Waals surface area contributed by atoms with Gasteiger partial charge in [0.25, 0.3) is 5.91 Å². The van der Waals surface area contributed by atoms with Crippen LogP contribution in [0.1, 0.15) is 30.9 Å². The maximum absolute atomic E-state index is 12.1. The van der Waals surface area contributed by atoms with Crippen molar-refractivity contribution in [3.63, 3.8) is 0 Å². The summed E-state index contributed by atoms with van der Waals surface area (Å²) < 4.78 is 6.68. The minimum atomic E-state index is -0.215. The van der Waals surface area contributed by atoms with Crippen LogP contribution in [-0.4, -0.2) is 12.5 Å². The van der Waals surface area contributed by atoms with E-state index >= 15 is 0 Å². The number of halogens is 2. The summed E-state index contributed by atoms with van der Waals surface area (Å²) in [7, 11) is 0. The van der Waals surface area contributed by atoms with E-state index in [2.05, 4.69) is 35.1 Å². The molecule has 1 N–H and O–H groups in total. The number of nitrogens with one attached hydrogen (secondary N) is 1. The molecule has 0 unspecified atom stereocenters. The van der Waals surface area contributed by atoms with Crippen LogP contribution < -0.4 is 10.1 Å². The zero-order valence-electron chi connectivity index (χ0n) is 13.3. The Morgan fingerprint density at radius 2 is 2.00 bits per heavy atom. The topological polar surface area (TPSA) is 38.3 Å². The predicted octanol–water partition coefficient (Wildman–Crippen LogP) is 5.55. The number of aryl methyl sites for hydroxylation is 1. The first-order valence-electron chi connectivity index (χ1n) is 7.35. The van der Waals surface area contributed by atoms with Gasteiger partial charge < -0.3 is 10.1 Å². The lowest BCUT2D eigenvalue weighted by Crippen LogP contribution is -2.21. The van der Waals surface area contributed by atoms with E-state index in [1.165, 1.54) is 0 Å². The fourth-order valence-corrected chi connectivity index (χ4v) is 2.71. The highest BCUT2D eigenvalue weighted by Gasteiger charge is 2.11. The number of rotatable bonds is 5. The third-order valence-corrected chi connectivity index (χ3v) is 4.15. The molecule has 0 aliphatic carbocycles. The summed E-state index contributed by atoms with van der Waals surface area (Å²) >= 11 is 9.41. The van der Waals surface area contributed by atoms with Crippen LogP contribution in [0.2, 0.25) is 5.02 Å². The predicted molar refractivity (Wildman–Crippen MR) is 98.5 cm³/mol. The Bertz CT molecular complexity index is 716. The van der Waals surface area contributed by atoms with Crippen molar-refractivity contribution >= 4 is 39.1 Å². The maximum atomic E-state index is 12.1. The summed E-state index contributed by atoms with van der Waals surface area (Å²) in [5.41, 5.74) is 2.71. The lowest BCUT2D eigenvalue weighted by atomic mass is 10.0. The fraction of sp³-hybridized carbons (Fsp3) is 0.278. The highest BCUT2D eigenvalue weighted by atomic mass is 79.9. The van der Waals surface area contributed by atoms with Crippen LogP contribution >= 0.6 is 27.5 Å². The number of amides is 1. The lowest BCUT2D eigenvalue weighted by molar-refractivity contribution is -0.118. The molecule has 1 amide bonds. The quantitative estimate of drug-likeness (QED) is 0.719. The van der Waals surface area contributed by atoms with E-state index in [0.717, 1.165) is 21.3 Å². The second-order valence-corrected chi connectivity index (χ2v) is 6.99. The van der Waals surface area contributed by atoms with E-state index in [0.29, 0.717) is 16.6 Å². The smallest absolute Gasteiger partial charge is 0.262 e. The second-order valence-electron chi connectivity index (χ2n) is 5.63. The van der Waals surface area contributed by atoms with Crippen molar-refractivity contribution in [1.82, 2.24) is 0 Å². The molecule has 23 heavy (non-hydrogen) atoms. The van der Waals surface area contributed by atoms with Crippen molar-refractivity contribution in [3.05, 3.63) is 57.0 Å². The van der Waals surface area contributed by atoms with Gasteiger partial charge in [-0.1, -0.05) is 47.4 Å². The summed E-state index contributed by atoms with van der Waals surface area (Å²) in [5.74, 6) is 0.815. The van der Waals surface area contributed by atoms with Crippen LogP contribution in [0.3, 0.4) is 0 Å². The molecule has 2 rings (SSSR count). The summed E-state index contributed by atoms with van der Waals surface area (Å²) in [6.07, 6.45) is 0. The van der Waals surface area contributed by atoms with Crippen LogP contribution in [0, 0.1) is 6.92 Å². The van der Waals surface area contributed by atoms with Crippen molar-refractivity contribution in [2.24, 2.45) is 0 Å². The van der Waals surface area contributed by atoms with E-state index in [-0.39, 0.29) is 12.5 Å². The summed E-state index contributed by atoms with van der Waals surface area (Å²) in [4.78, 5) is 12.1. The SMILES string of the molecule is Cc1ccc(Cl)cc1NC(=O)COc1ccc(Br)cc1C(C)C. The number of ether oxygens (including phenoxy) is 1. The van der Waals surface area contributed by atoms with Gasteiger partial charge in [-0.05, 0) is 54.3 Å². The molecule has 0 atom stereocenters. The molecule has 0 saturated heterocycles. The van der Waals surface area contributed by atoms with Gasteiger partial charge in [-0.25, -0.2) is 0 Å². The average molecular weight is 397 g/mol. The van der Waals surface area contributed by atoms with Gasteiger partial charge in [-0.2, -0.15) is 0 Å². The van der Waals surface area contributed by atoms with E-state index in [4.69, 9.17) is 16.3 Å². The van der Waals surface area contributed by atoms with Crippen LogP contribution in [0.4, 0.5) is 5.69 Å². The second kappa shape index (κ2) is 7.84. The van der Waals surface area contributed by atoms with Gasteiger partial charge in [0.05, 0.1) is 0 Å². The highest BCUT2D eigenvalue weighted by molar-refractivity contribution is 9.10. The van der Waals surface area contributed by atoms with Crippen molar-refractivity contribution < 1.29 is 9.53 Å². The van der Waals surface area contributed by atoms with Gasteiger partial charge >= 0.3 is 0 Å². The monoisotopic (exact) mass is 395 g/mol. The molecule has 0 aliphatic rings. The molecule has 122 valence electrons. The van der Waals surface area contributed by atoms with E-state index in [9.17, 15) is 4.79 Å². The van der Waals surface area contributed by atoms with Gasteiger partial charge in [-0.15, -0.1) is 0 Å². The van der Waals surface area contributed by atoms with Crippen LogP contribution in [0.5, 0.6) is 5.75 Å². The summed E-state index contributed by atoms with van der Waals surface area (Å²) in [6.45, 7) is 6.04. The first-order valence-corrected chi connectivity index (χ1v) is 8.52. The maximum Gasteiger partial charge on any atom is 0.262 e. The third-order valence-electron chi connectivity index (χ3n) is 3.43. The number of hydrogen-bond acceptors (Lipinski definition) is 2. The first kappa shape index (κ1) is 17.8. The zero-order chi connectivity index (χ0) is 17.0. The normalized spacial score (nSPS) is 10.7. The minimum absolute atomic E-state index is 0.0483. The molecule has 2 aromatic rings. The number of carbonyl (C=O) groups excluding carboxylic acids is 1. The molecule has 0 fully saturated rings. The molecular formula is C18H19BrClNO2. The van der Waals surface area contributed by atoms with E-state index in [1.807, 2.05) is 31.2 Å². The molecule has 0 bridgehead atoms. The zero-order valence-corrected chi connectivity index (χ0v) is 15.7. The standard InChI is InChI=1S/C18H19BrClNO2/c1-11(2)15-8-13(19)5-7-17(15)23-10-18(22)21-16-9-14(20)6-4-12(16)3/h4-9,11H,10H2,1-3H3,(H,21,22). The molecular weight excluding hydrogens is 378 g/mol. The Hall–Kier alpha value is -1.52. The Kier molecular flexibility index (Phi) is 6.08. The summed E-state index contributed by atoms with van der Waals surface area (Å²) in [6, 6.07) is 11.2. The Morgan fingerprint density at radius 1 is 1.26 bits per heavy atom. The molecule has 0 radical (unpaired) electrons. The molecule has 0 aromatic heterocycles.